The third kappa shape index (κ3) is 4.04. The smallest absolute Gasteiger partial charge is 0.272 e. The van der Waals surface area contributed by atoms with Crippen LogP contribution in [-0.2, 0) is 0 Å². The Morgan fingerprint density at radius 1 is 1.10 bits per heavy atom. The van der Waals surface area contributed by atoms with Crippen molar-refractivity contribution >= 4 is 16.7 Å². The van der Waals surface area contributed by atoms with Crippen molar-refractivity contribution in [1.82, 2.24) is 4.98 Å². The number of aromatic amines is 1. The first kappa shape index (κ1) is 18.5. The summed E-state index contributed by atoms with van der Waals surface area (Å²) in [5.74, 6) is 1.73. The summed E-state index contributed by atoms with van der Waals surface area (Å²) in [6, 6.07) is 21.0. The maximum atomic E-state index is 11.0. The fourth-order valence-corrected chi connectivity index (χ4v) is 3.30. The van der Waals surface area contributed by atoms with Gasteiger partial charge in [0.25, 0.3) is 5.82 Å². The molecule has 4 rings (SSSR count). The van der Waals surface area contributed by atoms with Crippen LogP contribution in [0.15, 0.2) is 91.8 Å². The number of nitrogens with one attached hydrogen (secondary N) is 2. The van der Waals surface area contributed by atoms with Crippen LogP contribution in [0.1, 0.15) is 17.2 Å². The average molecular weight is 384 g/mol. The highest BCUT2D eigenvalue weighted by atomic mass is 16.5. The summed E-state index contributed by atoms with van der Waals surface area (Å²) in [6.07, 6.45) is 5.25. The van der Waals surface area contributed by atoms with E-state index in [0.29, 0.717) is 12.1 Å². The van der Waals surface area contributed by atoms with Crippen molar-refractivity contribution in [3.63, 3.8) is 0 Å². The number of fused-ring (bicyclic) bond motifs is 1. The molecule has 3 N–H and O–H groups in total. The molecule has 144 valence electrons. The van der Waals surface area contributed by atoms with Gasteiger partial charge in [-0.15, -0.1) is 0 Å². The van der Waals surface area contributed by atoms with E-state index in [-0.39, 0.29) is 11.8 Å². The number of anilines is 1. The van der Waals surface area contributed by atoms with Gasteiger partial charge in [-0.05, 0) is 30.3 Å². The zero-order chi connectivity index (χ0) is 20.1. The third-order valence-corrected chi connectivity index (χ3v) is 4.66. The molecule has 2 heterocycles. The molecule has 0 aliphatic rings. The molecule has 0 fully saturated rings. The van der Waals surface area contributed by atoms with Gasteiger partial charge in [0.2, 0.25) is 0 Å². The van der Waals surface area contributed by atoms with Gasteiger partial charge in [0.1, 0.15) is 29.7 Å². The lowest BCUT2D eigenvalue weighted by atomic mass is 9.96. The Morgan fingerprint density at radius 2 is 2.03 bits per heavy atom. The molecule has 5 nitrogen and oxygen atoms in total. The monoisotopic (exact) mass is 384 g/mol. The zero-order valence-corrected chi connectivity index (χ0v) is 15.9. The highest BCUT2D eigenvalue weighted by molar-refractivity contribution is 5.86. The Labute approximate surface area is 169 Å². The van der Waals surface area contributed by atoms with E-state index in [2.05, 4.69) is 21.9 Å². The summed E-state index contributed by atoms with van der Waals surface area (Å²) in [7, 11) is 0. The molecule has 0 aliphatic carbocycles. The van der Waals surface area contributed by atoms with Crippen LogP contribution in [0.5, 0.6) is 11.5 Å². The molecule has 0 aliphatic heterocycles. The van der Waals surface area contributed by atoms with Gasteiger partial charge in [-0.2, -0.15) is 0 Å². The minimum Gasteiger partial charge on any atom is -0.505 e. The van der Waals surface area contributed by atoms with E-state index in [0.717, 1.165) is 28.1 Å². The molecule has 0 saturated carbocycles. The second-order valence-corrected chi connectivity index (χ2v) is 6.60. The Balaban J connectivity index is 1.81. The number of ether oxygens (including phenoxy) is 1. The SMILES string of the molecule is C=CCOc1cccc([C@H](Nc2cccc[nH+]2)c2ccc3cccnc3c2O)c1. The maximum absolute atomic E-state index is 11.0. The van der Waals surface area contributed by atoms with E-state index in [9.17, 15) is 5.11 Å². The normalized spacial score (nSPS) is 11.7. The van der Waals surface area contributed by atoms with Gasteiger partial charge >= 0.3 is 0 Å². The zero-order valence-electron chi connectivity index (χ0n) is 15.9. The Kier molecular flexibility index (Phi) is 5.38. The van der Waals surface area contributed by atoms with Gasteiger partial charge < -0.3 is 9.84 Å². The lowest BCUT2D eigenvalue weighted by Gasteiger charge is -2.18. The molecule has 1 atom stereocenters. The molecule has 4 aromatic rings. The molecule has 2 aromatic carbocycles. The lowest BCUT2D eigenvalue weighted by molar-refractivity contribution is -0.361. The van der Waals surface area contributed by atoms with Crippen molar-refractivity contribution in [1.29, 1.82) is 0 Å². The maximum Gasteiger partial charge on any atom is 0.272 e. The van der Waals surface area contributed by atoms with E-state index in [1.807, 2.05) is 72.9 Å². The molecule has 5 heteroatoms. The highest BCUT2D eigenvalue weighted by Gasteiger charge is 2.24. The van der Waals surface area contributed by atoms with Crippen molar-refractivity contribution in [2.75, 3.05) is 11.9 Å². The first-order valence-electron chi connectivity index (χ1n) is 9.40. The minimum absolute atomic E-state index is 0.161. The predicted molar refractivity (Wildman–Crippen MR) is 114 cm³/mol. The van der Waals surface area contributed by atoms with Crippen molar-refractivity contribution in [3.8, 4) is 11.5 Å². The molecular formula is C24H22N3O2+. The number of nitrogens with zero attached hydrogens (tertiary/aromatic N) is 1. The standard InChI is InChI=1S/C24H21N3O2/c1-2-15-29-19-9-5-7-18(16-19)22(27-21-10-3-4-13-25-21)20-12-11-17-8-6-14-26-23(17)24(20)28/h2-14,16,22,28H,1,15H2,(H,25,27)/p+1/t22-/m0/s1. The van der Waals surface area contributed by atoms with Gasteiger partial charge in [0, 0.05) is 28.8 Å². The molecule has 0 amide bonds. The van der Waals surface area contributed by atoms with Gasteiger partial charge in [-0.25, -0.2) is 4.98 Å². The van der Waals surface area contributed by atoms with E-state index >= 15 is 0 Å². The molecule has 0 spiro atoms. The first-order valence-corrected chi connectivity index (χ1v) is 9.40. The fourth-order valence-electron chi connectivity index (χ4n) is 3.30. The second-order valence-electron chi connectivity index (χ2n) is 6.60. The first-order chi connectivity index (χ1) is 14.3. The van der Waals surface area contributed by atoms with Crippen LogP contribution in [0, 0.1) is 0 Å². The van der Waals surface area contributed by atoms with Gasteiger partial charge in [-0.1, -0.05) is 43.0 Å². The molecule has 29 heavy (non-hydrogen) atoms. The number of benzene rings is 2. The topological polar surface area (TPSA) is 68.5 Å². The molecule has 0 radical (unpaired) electrons. The van der Waals surface area contributed by atoms with Crippen LogP contribution in [-0.4, -0.2) is 16.7 Å². The van der Waals surface area contributed by atoms with Gasteiger partial charge in [-0.3, -0.25) is 10.3 Å². The van der Waals surface area contributed by atoms with E-state index in [1.54, 1.807) is 12.3 Å². The number of aromatic nitrogens is 2. The lowest BCUT2D eigenvalue weighted by Crippen LogP contribution is -2.19. The highest BCUT2D eigenvalue weighted by Crippen LogP contribution is 2.36. The summed E-state index contributed by atoms with van der Waals surface area (Å²) in [5.41, 5.74) is 2.26. The quantitative estimate of drug-likeness (QED) is 0.460. The number of H-pyrrole nitrogens is 1. The van der Waals surface area contributed by atoms with E-state index < -0.39 is 0 Å². The number of hydrogen-bond acceptors (Lipinski definition) is 4. The summed E-state index contributed by atoms with van der Waals surface area (Å²) in [4.78, 5) is 7.55. The molecule has 0 bridgehead atoms. The number of rotatable bonds is 7. The molecule has 0 saturated heterocycles. The molecular weight excluding hydrogens is 362 g/mol. The second kappa shape index (κ2) is 8.44. The summed E-state index contributed by atoms with van der Waals surface area (Å²) in [5, 5.41) is 15.4. The number of aromatic hydroxyl groups is 1. The fraction of sp³-hybridized carbons (Fsp3) is 0.0833. The number of pyridine rings is 2. The predicted octanol–water partition coefficient (Wildman–Crippen LogP) is 4.52. The van der Waals surface area contributed by atoms with Crippen molar-refractivity contribution in [2.45, 2.75) is 6.04 Å². The molecule has 0 unspecified atom stereocenters. The van der Waals surface area contributed by atoms with Crippen LogP contribution in [0.25, 0.3) is 10.9 Å². The number of hydrogen-bond donors (Lipinski definition) is 2. The van der Waals surface area contributed by atoms with Gasteiger partial charge in [0.15, 0.2) is 0 Å². The van der Waals surface area contributed by atoms with Crippen molar-refractivity contribution in [3.05, 3.63) is 103 Å². The van der Waals surface area contributed by atoms with Crippen molar-refractivity contribution < 1.29 is 14.8 Å². The van der Waals surface area contributed by atoms with Crippen LogP contribution in [0.3, 0.4) is 0 Å². The average Bonchev–Trinajstić information content (AvgIpc) is 2.78. The Hall–Kier alpha value is -3.86. The Morgan fingerprint density at radius 3 is 2.86 bits per heavy atom. The van der Waals surface area contributed by atoms with Gasteiger partial charge in [0.05, 0.1) is 6.20 Å². The third-order valence-electron chi connectivity index (χ3n) is 4.66. The van der Waals surface area contributed by atoms with Crippen LogP contribution in [0.4, 0.5) is 5.82 Å². The number of phenols is 1. The van der Waals surface area contributed by atoms with Crippen LogP contribution >= 0.6 is 0 Å². The summed E-state index contributed by atoms with van der Waals surface area (Å²) < 4.78 is 5.70. The largest absolute Gasteiger partial charge is 0.505 e. The number of phenolic OH excluding ortho intramolecular Hbond substituents is 1. The Bertz CT molecular complexity index is 1130. The summed E-state index contributed by atoms with van der Waals surface area (Å²) in [6.45, 7) is 4.13. The summed E-state index contributed by atoms with van der Waals surface area (Å²) >= 11 is 0. The minimum atomic E-state index is -0.313. The van der Waals surface area contributed by atoms with Crippen molar-refractivity contribution in [2.24, 2.45) is 0 Å². The van der Waals surface area contributed by atoms with Crippen LogP contribution < -0.4 is 15.0 Å². The van der Waals surface area contributed by atoms with E-state index in [1.165, 1.54) is 0 Å². The van der Waals surface area contributed by atoms with E-state index in [4.69, 9.17) is 4.74 Å². The van der Waals surface area contributed by atoms with Crippen LogP contribution in [0.2, 0.25) is 0 Å². The molecule has 2 aromatic heterocycles.